The summed E-state index contributed by atoms with van der Waals surface area (Å²) in [5.74, 6) is 0.0950. The van der Waals surface area contributed by atoms with Crippen LogP contribution in [0.15, 0.2) is 59.7 Å². The molecule has 3 aromatic rings. The molecule has 4 rings (SSSR count). The second-order valence-electron chi connectivity index (χ2n) is 7.20. The maximum absolute atomic E-state index is 12.8. The third kappa shape index (κ3) is 3.77. The SMILES string of the molecule is Cc1cccc2c(=O)n(CCC(=O)N(Cc3ccccc3)C3CC3)cnc12. The zero-order valence-corrected chi connectivity index (χ0v) is 15.5. The van der Waals surface area contributed by atoms with E-state index in [4.69, 9.17) is 0 Å². The van der Waals surface area contributed by atoms with Gasteiger partial charge in [0.1, 0.15) is 0 Å². The Balaban J connectivity index is 1.49. The van der Waals surface area contributed by atoms with Crippen LogP contribution in [0.25, 0.3) is 10.9 Å². The van der Waals surface area contributed by atoms with Gasteiger partial charge in [-0.05, 0) is 37.0 Å². The van der Waals surface area contributed by atoms with Gasteiger partial charge in [-0.2, -0.15) is 0 Å². The highest BCUT2D eigenvalue weighted by Gasteiger charge is 2.32. The molecule has 0 radical (unpaired) electrons. The predicted molar refractivity (Wildman–Crippen MR) is 105 cm³/mol. The highest BCUT2D eigenvalue weighted by Crippen LogP contribution is 2.29. The molecular formula is C22H23N3O2. The maximum atomic E-state index is 12.8. The molecular weight excluding hydrogens is 338 g/mol. The van der Waals surface area contributed by atoms with Crippen molar-refractivity contribution in [2.24, 2.45) is 0 Å². The highest BCUT2D eigenvalue weighted by molar-refractivity contribution is 5.80. The summed E-state index contributed by atoms with van der Waals surface area (Å²) in [5.41, 5.74) is 2.76. The number of benzene rings is 2. The van der Waals surface area contributed by atoms with Crippen molar-refractivity contribution in [3.05, 3.63) is 76.3 Å². The summed E-state index contributed by atoms with van der Waals surface area (Å²) < 4.78 is 1.55. The van der Waals surface area contributed by atoms with Crippen molar-refractivity contribution in [3.63, 3.8) is 0 Å². The molecule has 1 aromatic heterocycles. The average molecular weight is 361 g/mol. The summed E-state index contributed by atoms with van der Waals surface area (Å²) in [6.07, 6.45) is 4.00. The van der Waals surface area contributed by atoms with Gasteiger partial charge in [0.25, 0.3) is 5.56 Å². The predicted octanol–water partition coefficient (Wildman–Crippen LogP) is 3.29. The van der Waals surface area contributed by atoms with Crippen LogP contribution in [0.4, 0.5) is 0 Å². The van der Waals surface area contributed by atoms with Gasteiger partial charge >= 0.3 is 0 Å². The molecule has 0 atom stereocenters. The maximum Gasteiger partial charge on any atom is 0.261 e. The van der Waals surface area contributed by atoms with E-state index in [2.05, 4.69) is 4.98 Å². The lowest BCUT2D eigenvalue weighted by Crippen LogP contribution is -2.34. The van der Waals surface area contributed by atoms with Crippen LogP contribution >= 0.6 is 0 Å². The van der Waals surface area contributed by atoms with Crippen LogP contribution in [0.2, 0.25) is 0 Å². The van der Waals surface area contributed by atoms with E-state index in [1.807, 2.05) is 54.3 Å². The third-order valence-electron chi connectivity index (χ3n) is 5.13. The van der Waals surface area contributed by atoms with Crippen LogP contribution in [0.5, 0.6) is 0 Å². The second-order valence-corrected chi connectivity index (χ2v) is 7.20. The van der Waals surface area contributed by atoms with Crippen molar-refractivity contribution in [2.45, 2.75) is 45.3 Å². The molecule has 1 aliphatic carbocycles. The fourth-order valence-corrected chi connectivity index (χ4v) is 3.44. The molecule has 0 bridgehead atoms. The van der Waals surface area contributed by atoms with Crippen molar-refractivity contribution in [1.82, 2.24) is 14.5 Å². The molecule has 0 aliphatic heterocycles. The molecule has 1 fully saturated rings. The molecule has 0 saturated heterocycles. The molecule has 1 saturated carbocycles. The van der Waals surface area contributed by atoms with E-state index in [9.17, 15) is 9.59 Å². The number of rotatable bonds is 6. The number of fused-ring (bicyclic) bond motifs is 1. The number of aromatic nitrogens is 2. The van der Waals surface area contributed by atoms with Gasteiger partial charge in [0.05, 0.1) is 17.2 Å². The first-order valence-electron chi connectivity index (χ1n) is 9.41. The fourth-order valence-electron chi connectivity index (χ4n) is 3.44. The monoisotopic (exact) mass is 361 g/mol. The number of amides is 1. The Kier molecular flexibility index (Phi) is 4.75. The molecule has 0 unspecified atom stereocenters. The van der Waals surface area contributed by atoms with Crippen molar-refractivity contribution < 1.29 is 4.79 Å². The lowest BCUT2D eigenvalue weighted by molar-refractivity contribution is -0.132. The van der Waals surface area contributed by atoms with Gasteiger partial charge in [-0.25, -0.2) is 4.98 Å². The van der Waals surface area contributed by atoms with Gasteiger partial charge in [-0.1, -0.05) is 42.5 Å². The first-order chi connectivity index (χ1) is 13.1. The molecule has 2 aromatic carbocycles. The number of carbonyl (C=O) groups excluding carboxylic acids is 1. The Morgan fingerprint density at radius 1 is 1.15 bits per heavy atom. The topological polar surface area (TPSA) is 55.2 Å². The molecule has 5 heteroatoms. The summed E-state index contributed by atoms with van der Waals surface area (Å²) in [7, 11) is 0. The van der Waals surface area contributed by atoms with Crippen LogP contribution in [-0.2, 0) is 17.9 Å². The summed E-state index contributed by atoms with van der Waals surface area (Å²) in [4.78, 5) is 31.9. The van der Waals surface area contributed by atoms with E-state index in [1.54, 1.807) is 17.0 Å². The van der Waals surface area contributed by atoms with Crippen LogP contribution in [0.1, 0.15) is 30.4 Å². The quantitative estimate of drug-likeness (QED) is 0.677. The van der Waals surface area contributed by atoms with Gasteiger partial charge in [0.2, 0.25) is 5.91 Å². The lowest BCUT2D eigenvalue weighted by Gasteiger charge is -2.23. The number of hydrogen-bond donors (Lipinski definition) is 0. The number of hydrogen-bond acceptors (Lipinski definition) is 3. The molecule has 1 aliphatic rings. The minimum atomic E-state index is -0.0856. The number of para-hydroxylation sites is 1. The van der Waals surface area contributed by atoms with Gasteiger partial charge in [0.15, 0.2) is 0 Å². The van der Waals surface area contributed by atoms with Crippen molar-refractivity contribution in [2.75, 3.05) is 0 Å². The van der Waals surface area contributed by atoms with E-state index in [0.717, 1.165) is 29.5 Å². The van der Waals surface area contributed by atoms with E-state index in [-0.39, 0.29) is 11.5 Å². The van der Waals surface area contributed by atoms with Crippen LogP contribution in [0.3, 0.4) is 0 Å². The molecule has 5 nitrogen and oxygen atoms in total. The van der Waals surface area contributed by atoms with Gasteiger partial charge in [0, 0.05) is 25.6 Å². The minimum Gasteiger partial charge on any atom is -0.335 e. The number of nitrogens with zero attached hydrogens (tertiary/aromatic N) is 3. The first-order valence-corrected chi connectivity index (χ1v) is 9.41. The van der Waals surface area contributed by atoms with Crippen LogP contribution in [0, 0.1) is 6.92 Å². The molecule has 27 heavy (non-hydrogen) atoms. The summed E-state index contributed by atoms with van der Waals surface area (Å²) in [5, 5.41) is 0.605. The standard InChI is InChI=1S/C22H23N3O2/c1-16-6-5-9-19-21(16)23-15-24(22(19)27)13-12-20(26)25(18-10-11-18)14-17-7-3-2-4-8-17/h2-9,15,18H,10-14H2,1H3. The van der Waals surface area contributed by atoms with Crippen molar-refractivity contribution >= 4 is 16.8 Å². The summed E-state index contributed by atoms with van der Waals surface area (Å²) >= 11 is 0. The van der Waals surface area contributed by atoms with Crippen LogP contribution < -0.4 is 5.56 Å². The fraction of sp³-hybridized carbons (Fsp3) is 0.318. The molecule has 138 valence electrons. The Morgan fingerprint density at radius 3 is 2.67 bits per heavy atom. The normalized spacial score (nSPS) is 13.7. The van der Waals surface area contributed by atoms with E-state index >= 15 is 0 Å². The number of carbonyl (C=O) groups is 1. The Labute approximate surface area is 158 Å². The van der Waals surface area contributed by atoms with Crippen molar-refractivity contribution in [3.8, 4) is 0 Å². The largest absolute Gasteiger partial charge is 0.335 e. The molecule has 0 N–H and O–H groups in total. The number of aryl methyl sites for hydroxylation is 2. The second kappa shape index (κ2) is 7.35. The molecule has 1 amide bonds. The van der Waals surface area contributed by atoms with E-state index in [0.29, 0.717) is 30.9 Å². The Morgan fingerprint density at radius 2 is 1.93 bits per heavy atom. The van der Waals surface area contributed by atoms with Crippen LogP contribution in [-0.4, -0.2) is 26.4 Å². The average Bonchev–Trinajstić information content (AvgIpc) is 3.52. The Hall–Kier alpha value is -2.95. The smallest absolute Gasteiger partial charge is 0.261 e. The molecule has 1 heterocycles. The van der Waals surface area contributed by atoms with E-state index < -0.39 is 0 Å². The zero-order valence-electron chi connectivity index (χ0n) is 15.5. The molecule has 0 spiro atoms. The highest BCUT2D eigenvalue weighted by atomic mass is 16.2. The Bertz CT molecular complexity index is 1020. The summed E-state index contributed by atoms with van der Waals surface area (Å²) in [6.45, 7) is 2.93. The summed E-state index contributed by atoms with van der Waals surface area (Å²) in [6, 6.07) is 16.0. The minimum absolute atomic E-state index is 0.0856. The van der Waals surface area contributed by atoms with Gasteiger partial charge < -0.3 is 4.90 Å². The first kappa shape index (κ1) is 17.5. The zero-order chi connectivity index (χ0) is 18.8. The third-order valence-corrected chi connectivity index (χ3v) is 5.13. The van der Waals surface area contributed by atoms with Gasteiger partial charge in [-0.15, -0.1) is 0 Å². The lowest BCUT2D eigenvalue weighted by atomic mass is 10.1. The van der Waals surface area contributed by atoms with Crippen molar-refractivity contribution in [1.29, 1.82) is 0 Å². The van der Waals surface area contributed by atoms with E-state index in [1.165, 1.54) is 0 Å². The van der Waals surface area contributed by atoms with Gasteiger partial charge in [-0.3, -0.25) is 14.2 Å².